The van der Waals surface area contributed by atoms with E-state index in [1.807, 2.05) is 18.2 Å². The standard InChI is InChI=1S/C43H25N3O/c44-26-28-23-27(21-22-36(28)45-38-17-7-2-12-30(38)31-13-3-8-18-39(31)45)29-11-1-6-16-37(29)46-40-19-9-4-14-32(40)34-24-35-33-15-5-10-20-42(33)47-43(35)25-41(34)46/h1-25H. The van der Waals surface area contributed by atoms with Crippen LogP contribution in [0.25, 0.3) is 88.1 Å². The third kappa shape index (κ3) is 3.63. The van der Waals surface area contributed by atoms with Crippen molar-refractivity contribution in [3.05, 3.63) is 157 Å². The average molecular weight is 600 g/mol. The molecule has 0 aliphatic heterocycles. The molecule has 10 aromatic rings. The summed E-state index contributed by atoms with van der Waals surface area (Å²) in [7, 11) is 0. The third-order valence-electron chi connectivity index (χ3n) is 9.57. The Hall–Kier alpha value is -6.57. The van der Waals surface area contributed by atoms with Gasteiger partial charge in [-0.05, 0) is 54.1 Å². The number of hydrogen-bond donors (Lipinski definition) is 0. The zero-order chi connectivity index (χ0) is 31.1. The molecule has 47 heavy (non-hydrogen) atoms. The van der Waals surface area contributed by atoms with Crippen LogP contribution in [0.2, 0.25) is 0 Å². The van der Waals surface area contributed by atoms with Crippen LogP contribution in [0, 0.1) is 11.3 Å². The first-order chi connectivity index (χ1) is 23.3. The topological polar surface area (TPSA) is 46.8 Å². The van der Waals surface area contributed by atoms with Gasteiger partial charge in [0.2, 0.25) is 0 Å². The summed E-state index contributed by atoms with van der Waals surface area (Å²) in [5, 5.41) is 17.5. The van der Waals surface area contributed by atoms with E-state index in [0.717, 1.165) is 66.5 Å². The van der Waals surface area contributed by atoms with Crippen LogP contribution in [-0.2, 0) is 0 Å². The number of rotatable bonds is 3. The molecule has 3 aromatic heterocycles. The number of para-hydroxylation sites is 5. The molecule has 3 heterocycles. The van der Waals surface area contributed by atoms with Gasteiger partial charge in [0.1, 0.15) is 17.2 Å². The molecular formula is C43H25N3O. The van der Waals surface area contributed by atoms with E-state index >= 15 is 0 Å². The molecule has 218 valence electrons. The highest BCUT2D eigenvalue weighted by Crippen LogP contribution is 2.41. The first-order valence-electron chi connectivity index (χ1n) is 15.8. The van der Waals surface area contributed by atoms with Gasteiger partial charge in [-0.25, -0.2) is 0 Å². The van der Waals surface area contributed by atoms with Crippen molar-refractivity contribution in [3.63, 3.8) is 0 Å². The predicted molar refractivity (Wildman–Crippen MR) is 193 cm³/mol. The van der Waals surface area contributed by atoms with Crippen LogP contribution < -0.4 is 0 Å². The van der Waals surface area contributed by atoms with Crippen LogP contribution in [0.1, 0.15) is 5.56 Å². The van der Waals surface area contributed by atoms with E-state index in [0.29, 0.717) is 5.56 Å². The first kappa shape index (κ1) is 25.7. The molecule has 0 aliphatic carbocycles. The van der Waals surface area contributed by atoms with Crippen molar-refractivity contribution in [3.8, 4) is 28.6 Å². The summed E-state index contributed by atoms with van der Waals surface area (Å²) in [5.41, 5.74) is 10.7. The Morgan fingerprint density at radius 3 is 1.70 bits per heavy atom. The number of nitrogens with zero attached hydrogens (tertiary/aromatic N) is 3. The molecule has 0 saturated heterocycles. The summed E-state index contributed by atoms with van der Waals surface area (Å²) < 4.78 is 10.9. The lowest BCUT2D eigenvalue weighted by Crippen LogP contribution is -2.00. The fourth-order valence-corrected chi connectivity index (χ4v) is 7.53. The van der Waals surface area contributed by atoms with Crippen molar-refractivity contribution >= 4 is 65.6 Å². The fourth-order valence-electron chi connectivity index (χ4n) is 7.53. The third-order valence-corrected chi connectivity index (χ3v) is 9.57. The van der Waals surface area contributed by atoms with Crippen LogP contribution in [0.5, 0.6) is 0 Å². The van der Waals surface area contributed by atoms with Gasteiger partial charge in [0.05, 0.1) is 39.0 Å². The molecule has 0 radical (unpaired) electrons. The molecule has 0 spiro atoms. The van der Waals surface area contributed by atoms with Crippen molar-refractivity contribution in [2.75, 3.05) is 0 Å². The number of furan rings is 1. The summed E-state index contributed by atoms with van der Waals surface area (Å²) in [6.45, 7) is 0. The molecule has 4 nitrogen and oxygen atoms in total. The van der Waals surface area contributed by atoms with E-state index in [1.54, 1.807) is 0 Å². The van der Waals surface area contributed by atoms with Gasteiger partial charge >= 0.3 is 0 Å². The molecule has 0 unspecified atom stereocenters. The smallest absolute Gasteiger partial charge is 0.137 e. The van der Waals surface area contributed by atoms with Crippen LogP contribution in [-0.4, -0.2) is 9.13 Å². The van der Waals surface area contributed by atoms with Crippen molar-refractivity contribution in [1.29, 1.82) is 5.26 Å². The van der Waals surface area contributed by atoms with Gasteiger partial charge in [-0.15, -0.1) is 0 Å². The Balaban J connectivity index is 1.21. The quantitative estimate of drug-likeness (QED) is 0.203. The van der Waals surface area contributed by atoms with Crippen molar-refractivity contribution in [2.24, 2.45) is 0 Å². The molecular weight excluding hydrogens is 574 g/mol. The lowest BCUT2D eigenvalue weighted by Gasteiger charge is -2.16. The van der Waals surface area contributed by atoms with Crippen LogP contribution in [0.3, 0.4) is 0 Å². The lowest BCUT2D eigenvalue weighted by atomic mass is 10.00. The SMILES string of the molecule is N#Cc1cc(-c2ccccc2-n2c3ccccc3c3cc4c(cc32)oc2ccccc24)ccc1-n1c2ccccc2c2ccccc21. The molecule has 0 saturated carbocycles. The van der Waals surface area contributed by atoms with Gasteiger partial charge < -0.3 is 13.6 Å². The molecule has 0 aliphatic rings. The molecule has 0 atom stereocenters. The van der Waals surface area contributed by atoms with E-state index < -0.39 is 0 Å². The Bertz CT molecular complexity index is 2880. The second kappa shape index (κ2) is 9.71. The van der Waals surface area contributed by atoms with Crippen molar-refractivity contribution in [2.45, 2.75) is 0 Å². The van der Waals surface area contributed by atoms with Crippen molar-refractivity contribution < 1.29 is 4.42 Å². The second-order valence-corrected chi connectivity index (χ2v) is 12.0. The van der Waals surface area contributed by atoms with Gasteiger partial charge in [0.25, 0.3) is 0 Å². The maximum absolute atomic E-state index is 10.6. The van der Waals surface area contributed by atoms with E-state index in [4.69, 9.17) is 4.42 Å². The number of benzene rings is 7. The highest BCUT2D eigenvalue weighted by Gasteiger charge is 2.20. The van der Waals surface area contributed by atoms with Crippen molar-refractivity contribution in [1.82, 2.24) is 9.13 Å². The summed E-state index contributed by atoms with van der Waals surface area (Å²) in [4.78, 5) is 0. The first-order valence-corrected chi connectivity index (χ1v) is 15.8. The van der Waals surface area contributed by atoms with Crippen LogP contribution in [0.4, 0.5) is 0 Å². The highest BCUT2D eigenvalue weighted by molar-refractivity contribution is 6.17. The maximum atomic E-state index is 10.6. The largest absolute Gasteiger partial charge is 0.456 e. The maximum Gasteiger partial charge on any atom is 0.137 e. The molecule has 4 heteroatoms. The second-order valence-electron chi connectivity index (χ2n) is 12.0. The fraction of sp³-hybridized carbons (Fsp3) is 0. The van der Waals surface area contributed by atoms with E-state index in [-0.39, 0.29) is 0 Å². The number of fused-ring (bicyclic) bond motifs is 9. The zero-order valence-electron chi connectivity index (χ0n) is 25.2. The lowest BCUT2D eigenvalue weighted by molar-refractivity contribution is 0.669. The molecule has 0 fully saturated rings. The highest BCUT2D eigenvalue weighted by atomic mass is 16.3. The number of hydrogen-bond acceptors (Lipinski definition) is 2. The molecule has 7 aromatic carbocycles. The van der Waals surface area contributed by atoms with Gasteiger partial charge in [-0.2, -0.15) is 5.26 Å². The number of aromatic nitrogens is 2. The molecule has 0 amide bonds. The minimum Gasteiger partial charge on any atom is -0.456 e. The Morgan fingerprint density at radius 2 is 1.00 bits per heavy atom. The minimum atomic E-state index is 0.620. The average Bonchev–Trinajstić information content (AvgIpc) is 3.77. The van der Waals surface area contributed by atoms with Gasteiger partial charge in [-0.1, -0.05) is 97.1 Å². The monoisotopic (exact) mass is 599 g/mol. The Labute approximate surface area is 269 Å². The summed E-state index contributed by atoms with van der Waals surface area (Å²) in [6.07, 6.45) is 0. The van der Waals surface area contributed by atoms with E-state index in [2.05, 4.69) is 149 Å². The molecule has 0 bridgehead atoms. The van der Waals surface area contributed by atoms with Crippen LogP contribution >= 0.6 is 0 Å². The summed E-state index contributed by atoms with van der Waals surface area (Å²) >= 11 is 0. The summed E-state index contributed by atoms with van der Waals surface area (Å²) in [5.74, 6) is 0. The van der Waals surface area contributed by atoms with E-state index in [1.165, 1.54) is 21.5 Å². The normalized spacial score (nSPS) is 11.8. The Morgan fingerprint density at radius 1 is 0.426 bits per heavy atom. The van der Waals surface area contributed by atoms with E-state index in [9.17, 15) is 5.26 Å². The Kier molecular flexibility index (Phi) is 5.32. The predicted octanol–water partition coefficient (Wildman–Crippen LogP) is 11.3. The van der Waals surface area contributed by atoms with Crippen LogP contribution in [0.15, 0.2) is 156 Å². The number of nitriles is 1. The zero-order valence-corrected chi connectivity index (χ0v) is 25.2. The molecule has 0 N–H and O–H groups in total. The van der Waals surface area contributed by atoms with Gasteiger partial charge in [-0.3, -0.25) is 0 Å². The van der Waals surface area contributed by atoms with Gasteiger partial charge in [0.15, 0.2) is 0 Å². The summed E-state index contributed by atoms with van der Waals surface area (Å²) in [6, 6.07) is 55.3. The van der Waals surface area contributed by atoms with Gasteiger partial charge in [0, 0.05) is 43.9 Å². The minimum absolute atomic E-state index is 0.620. The molecule has 10 rings (SSSR count).